The zero-order valence-corrected chi connectivity index (χ0v) is 10.8. The van der Waals surface area contributed by atoms with Crippen molar-refractivity contribution in [1.82, 2.24) is 20.3 Å². The number of carbonyl (C=O) groups excluding carboxylic acids is 1. The molecule has 0 spiro atoms. The summed E-state index contributed by atoms with van der Waals surface area (Å²) < 4.78 is 9.79. The van der Waals surface area contributed by atoms with Crippen molar-refractivity contribution in [2.24, 2.45) is 5.10 Å². The molecule has 2 rings (SSSR count). The van der Waals surface area contributed by atoms with Gasteiger partial charge in [-0.15, -0.1) is 0 Å². The van der Waals surface area contributed by atoms with Crippen LogP contribution in [0.2, 0.25) is 0 Å². The van der Waals surface area contributed by atoms with Gasteiger partial charge in [-0.2, -0.15) is 5.10 Å². The fourth-order valence-electron chi connectivity index (χ4n) is 1.46. The highest BCUT2D eigenvalue weighted by atomic mass is 16.5. The van der Waals surface area contributed by atoms with E-state index in [4.69, 9.17) is 10.5 Å². The van der Waals surface area contributed by atoms with Gasteiger partial charge in [-0.05, 0) is 28.1 Å². The Bertz CT molecular complexity index is 651. The summed E-state index contributed by atoms with van der Waals surface area (Å²) in [4.78, 5) is 12.6. The Morgan fingerprint density at radius 1 is 1.45 bits per heavy atom. The molecular formula is C11H12N6O3. The van der Waals surface area contributed by atoms with Crippen LogP contribution in [0.1, 0.15) is 15.9 Å². The number of tetrazole rings is 1. The number of aromatic nitrogens is 4. The van der Waals surface area contributed by atoms with Gasteiger partial charge in [0.25, 0.3) is 5.95 Å². The molecule has 0 amide bonds. The molecule has 2 aromatic rings. The highest BCUT2D eigenvalue weighted by Gasteiger charge is 2.12. The lowest BCUT2D eigenvalue weighted by Crippen LogP contribution is -2.05. The molecule has 0 aliphatic rings. The van der Waals surface area contributed by atoms with Crippen LogP contribution >= 0.6 is 0 Å². The van der Waals surface area contributed by atoms with E-state index in [1.54, 1.807) is 18.2 Å². The zero-order chi connectivity index (χ0) is 14.5. The molecule has 9 heteroatoms. The number of carbonyl (C=O) groups is 1. The minimum absolute atomic E-state index is 0.0689. The SMILES string of the molecule is COC(=O)c1ccc(/C=N/n2nnnc2N)cc1OC. The van der Waals surface area contributed by atoms with E-state index in [1.807, 2.05) is 0 Å². The topological polar surface area (TPSA) is 118 Å². The number of ether oxygens (including phenoxy) is 2. The summed E-state index contributed by atoms with van der Waals surface area (Å²) >= 11 is 0. The number of anilines is 1. The number of nitrogens with zero attached hydrogens (tertiary/aromatic N) is 5. The van der Waals surface area contributed by atoms with Gasteiger partial charge in [0.05, 0.1) is 20.4 Å². The maximum absolute atomic E-state index is 11.5. The van der Waals surface area contributed by atoms with Gasteiger partial charge in [0, 0.05) is 0 Å². The van der Waals surface area contributed by atoms with Gasteiger partial charge in [0.2, 0.25) is 0 Å². The van der Waals surface area contributed by atoms with Gasteiger partial charge in [-0.1, -0.05) is 16.0 Å². The summed E-state index contributed by atoms with van der Waals surface area (Å²) in [5.41, 5.74) is 6.48. The van der Waals surface area contributed by atoms with Crippen molar-refractivity contribution in [2.45, 2.75) is 0 Å². The number of nitrogens with two attached hydrogens (primary N) is 1. The van der Waals surface area contributed by atoms with Gasteiger partial charge in [-0.25, -0.2) is 4.79 Å². The predicted molar refractivity (Wildman–Crippen MR) is 69.6 cm³/mol. The number of nitrogen functional groups attached to an aromatic ring is 1. The van der Waals surface area contributed by atoms with Crippen LogP contribution < -0.4 is 10.5 Å². The molecule has 0 aliphatic heterocycles. The molecule has 0 bridgehead atoms. The molecule has 20 heavy (non-hydrogen) atoms. The number of methoxy groups -OCH3 is 2. The monoisotopic (exact) mass is 276 g/mol. The van der Waals surface area contributed by atoms with Gasteiger partial charge in [0.1, 0.15) is 11.3 Å². The third-order valence-electron chi connectivity index (χ3n) is 2.42. The molecule has 9 nitrogen and oxygen atoms in total. The van der Waals surface area contributed by atoms with Crippen LogP contribution in [-0.2, 0) is 4.74 Å². The van der Waals surface area contributed by atoms with Gasteiger partial charge < -0.3 is 15.2 Å². The summed E-state index contributed by atoms with van der Waals surface area (Å²) in [5.74, 6) is -0.0278. The van der Waals surface area contributed by atoms with Crippen molar-refractivity contribution in [1.29, 1.82) is 0 Å². The molecule has 0 saturated heterocycles. The van der Waals surface area contributed by atoms with E-state index in [2.05, 4.69) is 25.4 Å². The molecule has 0 atom stereocenters. The largest absolute Gasteiger partial charge is 0.496 e. The van der Waals surface area contributed by atoms with Crippen LogP contribution in [-0.4, -0.2) is 46.7 Å². The Kier molecular flexibility index (Phi) is 3.89. The Morgan fingerprint density at radius 3 is 2.85 bits per heavy atom. The van der Waals surface area contributed by atoms with Crippen LogP contribution in [0, 0.1) is 0 Å². The van der Waals surface area contributed by atoms with E-state index in [0.717, 1.165) is 4.79 Å². The molecule has 0 aliphatic carbocycles. The Morgan fingerprint density at radius 2 is 2.25 bits per heavy atom. The average Bonchev–Trinajstić information content (AvgIpc) is 2.89. The van der Waals surface area contributed by atoms with Crippen molar-refractivity contribution in [3.8, 4) is 5.75 Å². The second kappa shape index (κ2) is 5.78. The van der Waals surface area contributed by atoms with E-state index in [-0.39, 0.29) is 5.95 Å². The molecule has 0 unspecified atom stereocenters. The average molecular weight is 276 g/mol. The van der Waals surface area contributed by atoms with Crippen molar-refractivity contribution in [3.05, 3.63) is 29.3 Å². The van der Waals surface area contributed by atoms with Crippen LogP contribution in [0.4, 0.5) is 5.95 Å². The van der Waals surface area contributed by atoms with Crippen LogP contribution in [0.5, 0.6) is 5.75 Å². The molecule has 0 radical (unpaired) electrons. The number of benzene rings is 1. The third kappa shape index (κ3) is 2.71. The van der Waals surface area contributed by atoms with Crippen LogP contribution in [0.15, 0.2) is 23.3 Å². The fraction of sp³-hybridized carbons (Fsp3) is 0.182. The summed E-state index contributed by atoms with van der Waals surface area (Å²) in [6.45, 7) is 0. The molecule has 1 aromatic carbocycles. The van der Waals surface area contributed by atoms with Gasteiger partial charge in [0.15, 0.2) is 0 Å². The molecule has 104 valence electrons. The van der Waals surface area contributed by atoms with Gasteiger partial charge >= 0.3 is 5.97 Å². The van der Waals surface area contributed by atoms with E-state index in [0.29, 0.717) is 16.9 Å². The molecule has 1 heterocycles. The molecule has 0 fully saturated rings. The summed E-state index contributed by atoms with van der Waals surface area (Å²) in [7, 11) is 2.76. The lowest BCUT2D eigenvalue weighted by Gasteiger charge is -2.07. The number of hydrogen-bond acceptors (Lipinski definition) is 8. The fourth-order valence-corrected chi connectivity index (χ4v) is 1.46. The molecule has 0 saturated carbocycles. The number of rotatable bonds is 4. The highest BCUT2D eigenvalue weighted by molar-refractivity contribution is 5.94. The molecular weight excluding hydrogens is 264 g/mol. The highest BCUT2D eigenvalue weighted by Crippen LogP contribution is 2.20. The Hall–Kier alpha value is -2.97. The maximum Gasteiger partial charge on any atom is 0.341 e. The first kappa shape index (κ1) is 13.5. The first-order chi connectivity index (χ1) is 9.65. The minimum Gasteiger partial charge on any atom is -0.496 e. The lowest BCUT2D eigenvalue weighted by atomic mass is 10.1. The Labute approximate surface area is 114 Å². The van der Waals surface area contributed by atoms with Crippen LogP contribution in [0.25, 0.3) is 0 Å². The second-order valence-electron chi connectivity index (χ2n) is 3.62. The summed E-state index contributed by atoms with van der Waals surface area (Å²) in [5, 5.41) is 14.4. The first-order valence-electron chi connectivity index (χ1n) is 5.50. The number of hydrogen-bond donors (Lipinski definition) is 1. The van der Waals surface area contributed by atoms with Crippen molar-refractivity contribution in [3.63, 3.8) is 0 Å². The Balaban J connectivity index is 2.28. The van der Waals surface area contributed by atoms with E-state index >= 15 is 0 Å². The second-order valence-corrected chi connectivity index (χ2v) is 3.62. The standard InChI is InChI=1S/C11H12N6O3/c1-19-9-5-7(3-4-8(9)10(18)20-2)6-13-17-11(12)14-15-16-17/h3-6H,1-2H3,(H2,12,14,16)/b13-6+. The summed E-state index contributed by atoms with van der Waals surface area (Å²) in [6.07, 6.45) is 1.48. The number of esters is 1. The minimum atomic E-state index is -0.477. The van der Waals surface area contributed by atoms with E-state index in [9.17, 15) is 4.79 Å². The predicted octanol–water partition coefficient (Wildman–Crippen LogP) is -0.0673. The smallest absolute Gasteiger partial charge is 0.341 e. The van der Waals surface area contributed by atoms with Gasteiger partial charge in [-0.3, -0.25) is 0 Å². The van der Waals surface area contributed by atoms with E-state index in [1.165, 1.54) is 20.4 Å². The van der Waals surface area contributed by atoms with Crippen molar-refractivity contribution < 1.29 is 14.3 Å². The van der Waals surface area contributed by atoms with Crippen LogP contribution in [0.3, 0.4) is 0 Å². The third-order valence-corrected chi connectivity index (χ3v) is 2.42. The summed E-state index contributed by atoms with van der Waals surface area (Å²) in [6, 6.07) is 4.89. The van der Waals surface area contributed by atoms with Crippen molar-refractivity contribution >= 4 is 18.1 Å². The quantitative estimate of drug-likeness (QED) is 0.613. The molecule has 2 N–H and O–H groups in total. The molecule has 1 aromatic heterocycles. The van der Waals surface area contributed by atoms with E-state index < -0.39 is 5.97 Å². The first-order valence-corrected chi connectivity index (χ1v) is 5.50. The lowest BCUT2D eigenvalue weighted by molar-refractivity contribution is 0.0597. The zero-order valence-electron chi connectivity index (χ0n) is 10.8. The van der Waals surface area contributed by atoms with Crippen molar-refractivity contribution in [2.75, 3.05) is 20.0 Å². The maximum atomic E-state index is 11.5. The normalized spacial score (nSPS) is 10.7.